The molecule has 5 nitrogen and oxygen atoms in total. The van der Waals surface area contributed by atoms with E-state index in [4.69, 9.17) is 4.74 Å². The molecular formula is C13H25N3O2. The van der Waals surface area contributed by atoms with Crippen molar-refractivity contribution in [2.75, 3.05) is 47.4 Å². The first-order valence-electron chi connectivity index (χ1n) is 6.81. The number of hydrogen-bond donors (Lipinski definition) is 1. The Kier molecular flexibility index (Phi) is 4.25. The predicted molar refractivity (Wildman–Crippen MR) is 70.5 cm³/mol. The van der Waals surface area contributed by atoms with Gasteiger partial charge in [-0.3, -0.25) is 9.69 Å². The van der Waals surface area contributed by atoms with E-state index in [1.807, 2.05) is 7.05 Å². The van der Waals surface area contributed by atoms with Crippen molar-refractivity contribution in [3.05, 3.63) is 0 Å². The predicted octanol–water partition coefficient (Wildman–Crippen LogP) is -0.0825. The number of methoxy groups -OCH3 is 1. The summed E-state index contributed by atoms with van der Waals surface area (Å²) < 4.78 is 4.95. The molecular weight excluding hydrogens is 230 g/mol. The topological polar surface area (TPSA) is 44.8 Å². The molecule has 2 unspecified atom stereocenters. The van der Waals surface area contributed by atoms with Crippen LogP contribution in [0.1, 0.15) is 19.3 Å². The molecule has 5 heteroatoms. The lowest BCUT2D eigenvalue weighted by Gasteiger charge is -2.37. The molecule has 0 amide bonds. The zero-order valence-corrected chi connectivity index (χ0v) is 11.7. The number of likely N-dealkylation sites (N-methyl/N-ethyl adjacent to an activating group) is 2. The van der Waals surface area contributed by atoms with Crippen molar-refractivity contribution < 1.29 is 9.53 Å². The molecule has 0 radical (unpaired) electrons. The first-order chi connectivity index (χ1) is 8.61. The summed E-state index contributed by atoms with van der Waals surface area (Å²) in [7, 11) is 5.51. The molecule has 0 spiro atoms. The summed E-state index contributed by atoms with van der Waals surface area (Å²) in [6.45, 7) is 4.48. The van der Waals surface area contributed by atoms with Gasteiger partial charge in [0.1, 0.15) is 5.54 Å². The van der Waals surface area contributed by atoms with E-state index in [9.17, 15) is 4.79 Å². The van der Waals surface area contributed by atoms with Gasteiger partial charge in [0.2, 0.25) is 0 Å². The van der Waals surface area contributed by atoms with E-state index in [1.54, 1.807) is 0 Å². The van der Waals surface area contributed by atoms with Crippen LogP contribution in [0.15, 0.2) is 0 Å². The van der Waals surface area contributed by atoms with E-state index < -0.39 is 5.54 Å². The van der Waals surface area contributed by atoms with Gasteiger partial charge in [0.25, 0.3) is 0 Å². The van der Waals surface area contributed by atoms with Crippen molar-refractivity contribution in [2.24, 2.45) is 0 Å². The zero-order valence-electron chi connectivity index (χ0n) is 11.7. The Labute approximate surface area is 109 Å². The summed E-state index contributed by atoms with van der Waals surface area (Å²) >= 11 is 0. The Morgan fingerprint density at radius 1 is 1.33 bits per heavy atom. The second kappa shape index (κ2) is 5.55. The van der Waals surface area contributed by atoms with Crippen molar-refractivity contribution in [3.63, 3.8) is 0 Å². The maximum absolute atomic E-state index is 11.9. The minimum absolute atomic E-state index is 0.110. The van der Waals surface area contributed by atoms with Crippen LogP contribution in [-0.4, -0.2) is 74.7 Å². The summed E-state index contributed by atoms with van der Waals surface area (Å²) in [4.78, 5) is 16.8. The van der Waals surface area contributed by atoms with Crippen LogP contribution in [-0.2, 0) is 9.53 Å². The van der Waals surface area contributed by atoms with Crippen LogP contribution < -0.4 is 5.32 Å². The van der Waals surface area contributed by atoms with E-state index in [1.165, 1.54) is 7.11 Å². The van der Waals surface area contributed by atoms with Gasteiger partial charge in [-0.1, -0.05) is 0 Å². The molecule has 0 aromatic rings. The molecule has 2 fully saturated rings. The van der Waals surface area contributed by atoms with Crippen LogP contribution in [0.2, 0.25) is 0 Å². The molecule has 1 heterocycles. The molecule has 104 valence electrons. The Hall–Kier alpha value is -0.650. The highest BCUT2D eigenvalue weighted by molar-refractivity contribution is 5.81. The van der Waals surface area contributed by atoms with E-state index in [0.717, 1.165) is 45.4 Å². The summed E-state index contributed by atoms with van der Waals surface area (Å²) in [5, 5.41) is 3.19. The molecule has 2 atom stereocenters. The molecule has 1 aliphatic carbocycles. The molecule has 0 aromatic heterocycles. The lowest BCUT2D eigenvalue weighted by molar-refractivity contribution is -0.148. The molecule has 1 saturated carbocycles. The van der Waals surface area contributed by atoms with Crippen molar-refractivity contribution >= 4 is 5.97 Å². The van der Waals surface area contributed by atoms with Crippen LogP contribution in [0.5, 0.6) is 0 Å². The average Bonchev–Trinajstić information content (AvgIpc) is 2.84. The van der Waals surface area contributed by atoms with Gasteiger partial charge >= 0.3 is 5.97 Å². The Bertz CT molecular complexity index is 303. The fourth-order valence-electron chi connectivity index (χ4n) is 3.23. The number of piperazine rings is 1. The van der Waals surface area contributed by atoms with Gasteiger partial charge in [-0.25, -0.2) is 0 Å². The van der Waals surface area contributed by atoms with Gasteiger partial charge in [-0.15, -0.1) is 0 Å². The highest BCUT2D eigenvalue weighted by atomic mass is 16.5. The average molecular weight is 255 g/mol. The maximum atomic E-state index is 11.9. The van der Waals surface area contributed by atoms with Crippen molar-refractivity contribution in [1.82, 2.24) is 15.1 Å². The molecule has 1 saturated heterocycles. The van der Waals surface area contributed by atoms with Crippen LogP contribution in [0, 0.1) is 0 Å². The quantitative estimate of drug-likeness (QED) is 0.715. The number of carbonyl (C=O) groups is 1. The van der Waals surface area contributed by atoms with Crippen LogP contribution in [0.3, 0.4) is 0 Å². The number of nitrogens with zero attached hydrogens (tertiary/aromatic N) is 2. The van der Waals surface area contributed by atoms with Crippen molar-refractivity contribution in [2.45, 2.75) is 30.8 Å². The van der Waals surface area contributed by atoms with Gasteiger partial charge < -0.3 is 15.0 Å². The van der Waals surface area contributed by atoms with Gasteiger partial charge in [-0.05, 0) is 33.4 Å². The Balaban J connectivity index is 1.96. The third-order valence-electron chi connectivity index (χ3n) is 4.60. The normalized spacial score (nSPS) is 34.7. The number of hydrogen-bond acceptors (Lipinski definition) is 5. The summed E-state index contributed by atoms with van der Waals surface area (Å²) in [5.74, 6) is -0.110. The van der Waals surface area contributed by atoms with Crippen LogP contribution in [0.25, 0.3) is 0 Å². The molecule has 18 heavy (non-hydrogen) atoms. The summed E-state index contributed by atoms with van der Waals surface area (Å²) in [6, 6.07) is 0.519. The molecule has 1 aliphatic heterocycles. The molecule has 2 aliphatic rings. The number of rotatable bonds is 3. The number of carbonyl (C=O) groups excluding carboxylic acids is 1. The Morgan fingerprint density at radius 3 is 2.56 bits per heavy atom. The molecule has 0 bridgehead atoms. The first kappa shape index (κ1) is 13.8. The summed E-state index contributed by atoms with van der Waals surface area (Å²) in [5.41, 5.74) is -0.456. The molecule has 2 rings (SSSR count). The van der Waals surface area contributed by atoms with Crippen LogP contribution >= 0.6 is 0 Å². The standard InChI is InChI=1S/C13H25N3O2/c1-14-13(12(17)18-3)5-4-11(10-13)16-8-6-15(2)7-9-16/h11,14H,4-10H2,1-3H3. The van der Waals surface area contributed by atoms with Crippen LogP contribution in [0.4, 0.5) is 0 Å². The van der Waals surface area contributed by atoms with E-state index in [-0.39, 0.29) is 5.97 Å². The fraction of sp³-hybridized carbons (Fsp3) is 0.923. The van der Waals surface area contributed by atoms with Gasteiger partial charge in [0, 0.05) is 32.2 Å². The number of esters is 1. The second-order valence-corrected chi connectivity index (χ2v) is 5.56. The lowest BCUT2D eigenvalue weighted by atomic mass is 9.97. The minimum atomic E-state index is -0.456. The first-order valence-corrected chi connectivity index (χ1v) is 6.81. The lowest BCUT2D eigenvalue weighted by Crippen LogP contribution is -2.52. The fourth-order valence-corrected chi connectivity index (χ4v) is 3.23. The minimum Gasteiger partial charge on any atom is -0.468 e. The third kappa shape index (κ3) is 2.53. The zero-order chi connectivity index (χ0) is 13.2. The van der Waals surface area contributed by atoms with E-state index in [0.29, 0.717) is 6.04 Å². The highest BCUT2D eigenvalue weighted by Crippen LogP contribution is 2.34. The maximum Gasteiger partial charge on any atom is 0.326 e. The smallest absolute Gasteiger partial charge is 0.326 e. The monoisotopic (exact) mass is 255 g/mol. The Morgan fingerprint density at radius 2 is 2.00 bits per heavy atom. The highest BCUT2D eigenvalue weighted by Gasteiger charge is 2.46. The summed E-state index contributed by atoms with van der Waals surface area (Å²) in [6.07, 6.45) is 2.84. The van der Waals surface area contributed by atoms with Gasteiger partial charge in [0.05, 0.1) is 7.11 Å². The third-order valence-corrected chi connectivity index (χ3v) is 4.60. The molecule has 0 aromatic carbocycles. The number of nitrogens with one attached hydrogen (secondary N) is 1. The van der Waals surface area contributed by atoms with Crippen molar-refractivity contribution in [3.8, 4) is 0 Å². The van der Waals surface area contributed by atoms with Crippen molar-refractivity contribution in [1.29, 1.82) is 0 Å². The second-order valence-electron chi connectivity index (χ2n) is 5.56. The number of ether oxygens (including phenoxy) is 1. The molecule has 1 N–H and O–H groups in total. The van der Waals surface area contributed by atoms with E-state index in [2.05, 4.69) is 22.2 Å². The van der Waals surface area contributed by atoms with Gasteiger partial charge in [0.15, 0.2) is 0 Å². The van der Waals surface area contributed by atoms with E-state index >= 15 is 0 Å². The SMILES string of the molecule is CNC1(C(=O)OC)CCC(N2CCN(C)CC2)C1. The van der Waals surface area contributed by atoms with Gasteiger partial charge in [-0.2, -0.15) is 0 Å². The largest absolute Gasteiger partial charge is 0.468 e.